The summed E-state index contributed by atoms with van der Waals surface area (Å²) in [4.78, 5) is 13.5. The lowest BCUT2D eigenvalue weighted by molar-refractivity contribution is 0.527. The predicted octanol–water partition coefficient (Wildman–Crippen LogP) is 3.56. The van der Waals surface area contributed by atoms with Gasteiger partial charge in [0.15, 0.2) is 11.5 Å². The molecule has 4 rings (SSSR count). The zero-order valence-corrected chi connectivity index (χ0v) is 11.4. The molecule has 0 fully saturated rings. The number of para-hydroxylation sites is 4. The number of hydrogen-bond donors (Lipinski definition) is 0. The van der Waals surface area contributed by atoms with Crippen molar-refractivity contribution in [1.29, 1.82) is 0 Å². The fourth-order valence-corrected chi connectivity index (χ4v) is 2.38. The molecule has 2 aromatic heterocycles. The van der Waals surface area contributed by atoms with Gasteiger partial charge in [-0.15, -0.1) is 0 Å². The molecule has 0 radical (unpaired) electrons. The Kier molecular flexibility index (Phi) is 2.85. The number of hydrogen-bond acceptors (Lipinski definition) is 4. The van der Waals surface area contributed by atoms with Gasteiger partial charge in [0.05, 0.1) is 16.7 Å². The summed E-state index contributed by atoms with van der Waals surface area (Å²) in [6.07, 6.45) is 3.32. The second-order valence-corrected chi connectivity index (χ2v) is 4.93. The maximum atomic E-state index is 5.72. The van der Waals surface area contributed by atoms with Gasteiger partial charge in [0.1, 0.15) is 5.52 Å². The summed E-state index contributed by atoms with van der Waals surface area (Å²) < 4.78 is 5.72. The van der Waals surface area contributed by atoms with Gasteiger partial charge in [-0.05, 0) is 30.7 Å². The lowest BCUT2D eigenvalue weighted by atomic mass is 10.2. The van der Waals surface area contributed by atoms with Crippen LogP contribution in [-0.2, 0) is 12.8 Å². The van der Waals surface area contributed by atoms with Crippen LogP contribution in [0.4, 0.5) is 0 Å². The van der Waals surface area contributed by atoms with Crippen molar-refractivity contribution >= 4 is 22.1 Å². The summed E-state index contributed by atoms with van der Waals surface area (Å²) in [6.45, 7) is 0. The summed E-state index contributed by atoms with van der Waals surface area (Å²) in [5, 5.41) is 0. The minimum atomic E-state index is 0.724. The predicted molar refractivity (Wildman–Crippen MR) is 81.0 cm³/mol. The summed E-state index contributed by atoms with van der Waals surface area (Å²) in [6, 6.07) is 15.7. The lowest BCUT2D eigenvalue weighted by Gasteiger charge is -2.00. The molecular weight excluding hydrogens is 262 g/mol. The van der Waals surface area contributed by atoms with Crippen LogP contribution in [0.5, 0.6) is 0 Å². The van der Waals surface area contributed by atoms with Crippen LogP contribution in [0.2, 0.25) is 0 Å². The van der Waals surface area contributed by atoms with E-state index in [2.05, 4.69) is 15.0 Å². The quantitative estimate of drug-likeness (QED) is 0.573. The summed E-state index contributed by atoms with van der Waals surface area (Å²) in [5.74, 6) is 0.742. The van der Waals surface area contributed by atoms with Crippen LogP contribution in [0, 0.1) is 0 Å². The molecule has 0 aliphatic heterocycles. The van der Waals surface area contributed by atoms with E-state index in [0.29, 0.717) is 0 Å². The van der Waals surface area contributed by atoms with E-state index in [-0.39, 0.29) is 0 Å². The van der Waals surface area contributed by atoms with Crippen LogP contribution in [-0.4, -0.2) is 15.0 Å². The highest BCUT2D eigenvalue weighted by molar-refractivity contribution is 5.73. The third kappa shape index (κ3) is 2.36. The highest BCUT2D eigenvalue weighted by atomic mass is 16.3. The first-order valence-corrected chi connectivity index (χ1v) is 6.93. The monoisotopic (exact) mass is 275 g/mol. The van der Waals surface area contributed by atoms with E-state index >= 15 is 0 Å². The molecule has 0 bridgehead atoms. The van der Waals surface area contributed by atoms with Gasteiger partial charge >= 0.3 is 0 Å². The van der Waals surface area contributed by atoms with Crippen LogP contribution >= 0.6 is 0 Å². The van der Waals surface area contributed by atoms with E-state index in [9.17, 15) is 0 Å². The summed E-state index contributed by atoms with van der Waals surface area (Å²) >= 11 is 0. The third-order valence-corrected chi connectivity index (χ3v) is 3.43. The van der Waals surface area contributed by atoms with E-state index < -0.39 is 0 Å². The van der Waals surface area contributed by atoms with Crippen molar-refractivity contribution in [3.8, 4) is 0 Å². The third-order valence-electron chi connectivity index (χ3n) is 3.43. The fourth-order valence-electron chi connectivity index (χ4n) is 2.38. The molecule has 4 heteroatoms. The Morgan fingerprint density at radius 2 is 1.52 bits per heavy atom. The van der Waals surface area contributed by atoms with Gasteiger partial charge in [0, 0.05) is 12.6 Å². The Balaban J connectivity index is 1.57. The van der Waals surface area contributed by atoms with Gasteiger partial charge in [-0.1, -0.05) is 24.3 Å². The lowest BCUT2D eigenvalue weighted by Crippen LogP contribution is -1.96. The number of benzene rings is 2. The molecule has 0 spiro atoms. The van der Waals surface area contributed by atoms with Crippen molar-refractivity contribution in [2.75, 3.05) is 0 Å². The Morgan fingerprint density at radius 3 is 2.38 bits per heavy atom. The van der Waals surface area contributed by atoms with E-state index in [1.807, 2.05) is 54.7 Å². The molecule has 0 unspecified atom stereocenters. The molecule has 0 aliphatic rings. The molecule has 0 atom stereocenters. The van der Waals surface area contributed by atoms with E-state index in [1.165, 1.54) is 0 Å². The number of rotatable bonds is 3. The highest BCUT2D eigenvalue weighted by Crippen LogP contribution is 2.16. The molecule has 21 heavy (non-hydrogen) atoms. The summed E-state index contributed by atoms with van der Waals surface area (Å²) in [7, 11) is 0. The molecule has 0 saturated heterocycles. The number of fused-ring (bicyclic) bond motifs is 2. The van der Waals surface area contributed by atoms with E-state index in [4.69, 9.17) is 4.42 Å². The van der Waals surface area contributed by atoms with Crippen LogP contribution in [0.1, 0.15) is 11.6 Å². The van der Waals surface area contributed by atoms with Crippen molar-refractivity contribution in [2.45, 2.75) is 12.8 Å². The minimum absolute atomic E-state index is 0.724. The van der Waals surface area contributed by atoms with Gasteiger partial charge in [-0.2, -0.15) is 0 Å². The molecular formula is C17H13N3O. The molecule has 0 N–H and O–H groups in total. The van der Waals surface area contributed by atoms with Crippen molar-refractivity contribution < 1.29 is 4.42 Å². The van der Waals surface area contributed by atoms with Gasteiger partial charge in [-0.3, -0.25) is 4.98 Å². The van der Waals surface area contributed by atoms with Gasteiger partial charge in [0.2, 0.25) is 0 Å². The fraction of sp³-hybridized carbons (Fsp3) is 0.118. The summed E-state index contributed by atoms with van der Waals surface area (Å²) in [5.41, 5.74) is 4.53. The molecule has 2 aromatic carbocycles. The molecule has 102 valence electrons. The first-order valence-electron chi connectivity index (χ1n) is 6.93. The van der Waals surface area contributed by atoms with Crippen molar-refractivity contribution in [1.82, 2.24) is 15.0 Å². The van der Waals surface area contributed by atoms with Gasteiger partial charge in [-0.25, -0.2) is 9.97 Å². The van der Waals surface area contributed by atoms with E-state index in [0.717, 1.165) is 46.6 Å². The van der Waals surface area contributed by atoms with Gasteiger partial charge in [0.25, 0.3) is 0 Å². The Labute approximate surface area is 121 Å². The van der Waals surface area contributed by atoms with Crippen molar-refractivity contribution in [3.63, 3.8) is 0 Å². The SMILES string of the molecule is c1ccc2nc(CCc3nc4ccccc4o3)cnc2c1. The van der Waals surface area contributed by atoms with Crippen molar-refractivity contribution in [2.24, 2.45) is 0 Å². The average Bonchev–Trinajstić information content (AvgIpc) is 2.95. The molecule has 4 nitrogen and oxygen atoms in total. The van der Waals surface area contributed by atoms with Crippen LogP contribution in [0.3, 0.4) is 0 Å². The molecule has 0 saturated carbocycles. The standard InChI is InChI=1S/C17H13N3O/c1-2-6-14-13(5-1)18-11-12(19-14)9-10-17-20-15-7-3-4-8-16(15)21-17/h1-8,11H,9-10H2. The zero-order valence-electron chi connectivity index (χ0n) is 11.4. The number of oxazole rings is 1. The number of aryl methyl sites for hydroxylation is 2. The maximum absolute atomic E-state index is 5.72. The molecule has 0 amide bonds. The second kappa shape index (κ2) is 4.98. The molecule has 4 aromatic rings. The first-order chi connectivity index (χ1) is 10.4. The molecule has 0 aliphatic carbocycles. The number of aromatic nitrogens is 3. The van der Waals surface area contributed by atoms with E-state index in [1.54, 1.807) is 0 Å². The van der Waals surface area contributed by atoms with Crippen LogP contribution in [0.15, 0.2) is 59.1 Å². The van der Waals surface area contributed by atoms with Crippen molar-refractivity contribution in [3.05, 3.63) is 66.3 Å². The Morgan fingerprint density at radius 1 is 0.762 bits per heavy atom. The Bertz CT molecular complexity index is 881. The molecule has 2 heterocycles. The first kappa shape index (κ1) is 12.0. The second-order valence-electron chi connectivity index (χ2n) is 4.93. The topological polar surface area (TPSA) is 51.8 Å². The maximum Gasteiger partial charge on any atom is 0.195 e. The Hall–Kier alpha value is -2.75. The van der Waals surface area contributed by atoms with Crippen LogP contribution in [0.25, 0.3) is 22.1 Å². The van der Waals surface area contributed by atoms with Gasteiger partial charge < -0.3 is 4.42 Å². The number of nitrogens with zero attached hydrogens (tertiary/aromatic N) is 3. The minimum Gasteiger partial charge on any atom is -0.441 e. The smallest absolute Gasteiger partial charge is 0.195 e. The largest absolute Gasteiger partial charge is 0.441 e. The normalized spacial score (nSPS) is 11.2. The highest BCUT2D eigenvalue weighted by Gasteiger charge is 2.06. The average molecular weight is 275 g/mol. The van der Waals surface area contributed by atoms with Crippen LogP contribution < -0.4 is 0 Å². The zero-order chi connectivity index (χ0) is 14.1.